The predicted octanol–water partition coefficient (Wildman–Crippen LogP) is 3.21. The lowest BCUT2D eigenvalue weighted by Crippen LogP contribution is -2.15. The van der Waals surface area contributed by atoms with Gasteiger partial charge in [-0.2, -0.15) is 0 Å². The highest BCUT2D eigenvalue weighted by atomic mass is 16.5. The molecule has 2 aromatic carbocycles. The number of benzene rings is 2. The van der Waals surface area contributed by atoms with E-state index >= 15 is 0 Å². The van der Waals surface area contributed by atoms with Crippen molar-refractivity contribution in [3.8, 4) is 0 Å². The summed E-state index contributed by atoms with van der Waals surface area (Å²) in [4.78, 5) is 23.8. The number of hydrogen-bond donors (Lipinski definition) is 0. The highest BCUT2D eigenvalue weighted by molar-refractivity contribution is 5.89. The van der Waals surface area contributed by atoms with E-state index in [1.807, 2.05) is 44.2 Å². The number of rotatable bonds is 4. The second kappa shape index (κ2) is 6.12. The van der Waals surface area contributed by atoms with Crippen molar-refractivity contribution >= 4 is 17.1 Å². The Kier molecular flexibility index (Phi) is 4.02. The second-order valence-corrected chi connectivity index (χ2v) is 5.57. The first-order chi connectivity index (χ1) is 11.0. The fraction of sp³-hybridized carbons (Fsp3) is 0.222. The van der Waals surface area contributed by atoms with Gasteiger partial charge in [0.2, 0.25) is 0 Å². The van der Waals surface area contributed by atoms with Crippen molar-refractivity contribution in [3.05, 3.63) is 70.2 Å². The Morgan fingerprint density at radius 1 is 1.13 bits per heavy atom. The molecular formula is C18H17NO4. The van der Waals surface area contributed by atoms with Gasteiger partial charge in [-0.25, -0.2) is 9.59 Å². The molecule has 0 aliphatic carbocycles. The van der Waals surface area contributed by atoms with Gasteiger partial charge in [-0.3, -0.25) is 4.57 Å². The lowest BCUT2D eigenvalue weighted by atomic mass is 10.1. The predicted molar refractivity (Wildman–Crippen MR) is 86.6 cm³/mol. The summed E-state index contributed by atoms with van der Waals surface area (Å²) in [5.41, 5.74) is 2.71. The molecule has 3 rings (SSSR count). The third kappa shape index (κ3) is 3.18. The Balaban J connectivity index is 1.84. The molecule has 0 aliphatic rings. The Hall–Kier alpha value is -2.82. The molecule has 5 heteroatoms. The first-order valence-corrected chi connectivity index (χ1v) is 7.43. The average molecular weight is 311 g/mol. The zero-order valence-corrected chi connectivity index (χ0v) is 13.0. The summed E-state index contributed by atoms with van der Waals surface area (Å²) in [6, 6.07) is 14.3. The summed E-state index contributed by atoms with van der Waals surface area (Å²) in [5, 5.41) is 0. The molecule has 0 fully saturated rings. The van der Waals surface area contributed by atoms with Crippen LogP contribution in [0.4, 0.5) is 0 Å². The molecule has 118 valence electrons. The van der Waals surface area contributed by atoms with E-state index in [0.717, 1.165) is 11.1 Å². The number of oxazole rings is 1. The molecule has 0 amide bonds. The third-order valence-corrected chi connectivity index (χ3v) is 3.45. The molecule has 0 saturated carbocycles. The van der Waals surface area contributed by atoms with Crippen molar-refractivity contribution in [3.63, 3.8) is 0 Å². The first kappa shape index (κ1) is 15.1. The van der Waals surface area contributed by atoms with Crippen molar-refractivity contribution in [2.75, 3.05) is 0 Å². The van der Waals surface area contributed by atoms with Gasteiger partial charge < -0.3 is 9.15 Å². The number of nitrogens with zero attached hydrogens (tertiary/aromatic N) is 1. The quantitative estimate of drug-likeness (QED) is 0.694. The molecule has 0 bridgehead atoms. The molecule has 1 heterocycles. The van der Waals surface area contributed by atoms with Gasteiger partial charge >= 0.3 is 11.7 Å². The summed E-state index contributed by atoms with van der Waals surface area (Å²) >= 11 is 0. The fourth-order valence-electron chi connectivity index (χ4n) is 2.37. The van der Waals surface area contributed by atoms with Crippen molar-refractivity contribution < 1.29 is 13.9 Å². The molecule has 0 radical (unpaired) electrons. The van der Waals surface area contributed by atoms with Crippen molar-refractivity contribution in [2.24, 2.45) is 0 Å². The van der Waals surface area contributed by atoms with E-state index in [-0.39, 0.29) is 12.1 Å². The lowest BCUT2D eigenvalue weighted by Gasteiger charge is -2.08. The highest BCUT2D eigenvalue weighted by Crippen LogP contribution is 2.14. The fourth-order valence-corrected chi connectivity index (χ4v) is 2.37. The molecule has 0 spiro atoms. The van der Waals surface area contributed by atoms with Crippen LogP contribution in [0.1, 0.15) is 29.8 Å². The van der Waals surface area contributed by atoms with Gasteiger partial charge in [0.05, 0.1) is 23.7 Å². The zero-order chi connectivity index (χ0) is 16.4. The summed E-state index contributed by atoms with van der Waals surface area (Å²) in [5.74, 6) is -0.744. The van der Waals surface area contributed by atoms with E-state index in [0.29, 0.717) is 17.7 Å². The number of aromatic nitrogens is 1. The molecule has 23 heavy (non-hydrogen) atoms. The molecule has 0 unspecified atom stereocenters. The van der Waals surface area contributed by atoms with Crippen molar-refractivity contribution in [1.29, 1.82) is 0 Å². The van der Waals surface area contributed by atoms with E-state index in [1.165, 1.54) is 0 Å². The van der Waals surface area contributed by atoms with Gasteiger partial charge in [0.25, 0.3) is 0 Å². The third-order valence-electron chi connectivity index (χ3n) is 3.45. The Bertz CT molecular complexity index is 887. The number of esters is 1. The van der Waals surface area contributed by atoms with Crippen LogP contribution in [-0.2, 0) is 11.3 Å². The van der Waals surface area contributed by atoms with E-state index in [1.54, 1.807) is 22.8 Å². The highest BCUT2D eigenvalue weighted by Gasteiger charge is 2.11. The van der Waals surface area contributed by atoms with Crippen LogP contribution >= 0.6 is 0 Å². The van der Waals surface area contributed by atoms with Gasteiger partial charge in [-0.15, -0.1) is 0 Å². The van der Waals surface area contributed by atoms with E-state index in [9.17, 15) is 9.59 Å². The molecule has 3 aromatic rings. The van der Waals surface area contributed by atoms with Crippen LogP contribution in [0.2, 0.25) is 0 Å². The van der Waals surface area contributed by atoms with E-state index < -0.39 is 5.76 Å². The van der Waals surface area contributed by atoms with Crippen molar-refractivity contribution in [1.82, 2.24) is 4.57 Å². The van der Waals surface area contributed by atoms with Gasteiger partial charge in [0, 0.05) is 0 Å². The maximum atomic E-state index is 12.0. The van der Waals surface area contributed by atoms with Crippen LogP contribution in [0, 0.1) is 0 Å². The molecule has 0 saturated heterocycles. The topological polar surface area (TPSA) is 61.4 Å². The summed E-state index contributed by atoms with van der Waals surface area (Å²) in [7, 11) is 0. The van der Waals surface area contributed by atoms with Crippen molar-refractivity contribution in [2.45, 2.75) is 26.5 Å². The monoisotopic (exact) mass is 311 g/mol. The van der Waals surface area contributed by atoms with Crippen LogP contribution < -0.4 is 5.76 Å². The minimum Gasteiger partial charge on any atom is -0.459 e. The number of carbonyl (C=O) groups is 1. The Labute approximate surface area is 133 Å². The average Bonchev–Trinajstić information content (AvgIpc) is 2.83. The SMILES string of the molecule is CC(C)OC(=O)c1ccc(Cn2c(=O)oc3ccccc32)cc1. The molecule has 0 atom stereocenters. The molecule has 0 N–H and O–H groups in total. The van der Waals surface area contributed by atoms with E-state index in [4.69, 9.17) is 9.15 Å². The van der Waals surface area contributed by atoms with Gasteiger partial charge in [0.1, 0.15) is 0 Å². The number of para-hydroxylation sites is 2. The molecule has 1 aromatic heterocycles. The first-order valence-electron chi connectivity index (χ1n) is 7.43. The largest absolute Gasteiger partial charge is 0.459 e. The minimum absolute atomic E-state index is 0.155. The lowest BCUT2D eigenvalue weighted by molar-refractivity contribution is 0.0378. The van der Waals surface area contributed by atoms with Crippen LogP contribution in [-0.4, -0.2) is 16.6 Å². The standard InChI is InChI=1S/C18H17NO4/c1-12(2)22-17(20)14-9-7-13(8-10-14)11-19-15-5-3-4-6-16(15)23-18(19)21/h3-10,12H,11H2,1-2H3. The number of hydrogen-bond acceptors (Lipinski definition) is 4. The summed E-state index contributed by atoms with van der Waals surface area (Å²) in [6.45, 7) is 4.00. The number of ether oxygens (including phenoxy) is 1. The molecule has 0 aliphatic heterocycles. The molecular weight excluding hydrogens is 294 g/mol. The number of fused-ring (bicyclic) bond motifs is 1. The van der Waals surface area contributed by atoms with Crippen LogP contribution in [0.3, 0.4) is 0 Å². The summed E-state index contributed by atoms with van der Waals surface area (Å²) in [6.07, 6.45) is -0.155. The van der Waals surface area contributed by atoms with E-state index in [2.05, 4.69) is 0 Å². The summed E-state index contributed by atoms with van der Waals surface area (Å²) < 4.78 is 11.9. The van der Waals surface area contributed by atoms with Gasteiger partial charge in [-0.1, -0.05) is 24.3 Å². The van der Waals surface area contributed by atoms with Crippen LogP contribution in [0.15, 0.2) is 57.7 Å². The Morgan fingerprint density at radius 3 is 2.52 bits per heavy atom. The maximum absolute atomic E-state index is 12.0. The molecule has 5 nitrogen and oxygen atoms in total. The Morgan fingerprint density at radius 2 is 1.83 bits per heavy atom. The smallest absolute Gasteiger partial charge is 0.420 e. The maximum Gasteiger partial charge on any atom is 0.420 e. The number of carbonyl (C=O) groups excluding carboxylic acids is 1. The normalized spacial score (nSPS) is 11.1. The minimum atomic E-state index is -0.394. The van der Waals surface area contributed by atoms with Gasteiger partial charge in [0.15, 0.2) is 5.58 Å². The zero-order valence-electron chi connectivity index (χ0n) is 13.0. The van der Waals surface area contributed by atoms with Crippen LogP contribution in [0.5, 0.6) is 0 Å². The van der Waals surface area contributed by atoms with Crippen LogP contribution in [0.25, 0.3) is 11.1 Å². The second-order valence-electron chi connectivity index (χ2n) is 5.57. The van der Waals surface area contributed by atoms with Gasteiger partial charge in [-0.05, 0) is 43.7 Å².